The van der Waals surface area contributed by atoms with Crippen LogP contribution in [0.15, 0.2) is 35.4 Å². The van der Waals surface area contributed by atoms with Gasteiger partial charge in [0, 0.05) is 0 Å². The van der Waals surface area contributed by atoms with Crippen LogP contribution in [0.25, 0.3) is 11.2 Å². The van der Waals surface area contributed by atoms with Gasteiger partial charge in [-0.3, -0.25) is 23.9 Å². The number of anilines is 1. The van der Waals surface area contributed by atoms with Crippen LogP contribution in [0.1, 0.15) is 53.1 Å². The van der Waals surface area contributed by atoms with Crippen molar-refractivity contribution in [1.29, 1.82) is 0 Å². The van der Waals surface area contributed by atoms with Gasteiger partial charge in [-0.1, -0.05) is 25.5 Å². The molecule has 13 nitrogen and oxygen atoms in total. The third-order valence-corrected chi connectivity index (χ3v) is 6.43. The Bertz CT molecular complexity index is 1340. The zero-order valence-corrected chi connectivity index (χ0v) is 19.4. The summed E-state index contributed by atoms with van der Waals surface area (Å²) >= 11 is 0. The van der Waals surface area contributed by atoms with Crippen molar-refractivity contribution in [1.82, 2.24) is 24.4 Å². The minimum Gasteiger partial charge on any atom is -0.387 e. The summed E-state index contributed by atoms with van der Waals surface area (Å²) in [6.45, 7) is 1.77. The summed E-state index contributed by atoms with van der Waals surface area (Å²) in [7, 11) is 0. The van der Waals surface area contributed by atoms with Gasteiger partial charge in [0.2, 0.25) is 5.95 Å². The highest BCUT2D eigenvalue weighted by Gasteiger charge is 2.46. The number of carbonyl (C=O) groups excluding carboxylic acids is 2. The molecule has 1 saturated heterocycles. The monoisotopic (exact) mass is 498 g/mol. The van der Waals surface area contributed by atoms with Crippen molar-refractivity contribution in [2.75, 3.05) is 12.3 Å². The van der Waals surface area contributed by atoms with Crippen LogP contribution < -0.4 is 11.3 Å². The lowest BCUT2D eigenvalue weighted by Gasteiger charge is -2.28. The first kappa shape index (κ1) is 24.1. The number of amides is 2. The molecule has 1 unspecified atom stereocenters. The van der Waals surface area contributed by atoms with Gasteiger partial charge in [-0.25, -0.2) is 9.88 Å². The highest BCUT2D eigenvalue weighted by molar-refractivity contribution is 6.21. The number of aromatic nitrogens is 4. The number of nitrogen functional groups attached to an aromatic ring is 1. The summed E-state index contributed by atoms with van der Waals surface area (Å²) in [6.07, 6.45) is -2.59. The summed E-state index contributed by atoms with van der Waals surface area (Å²) in [5.41, 5.74) is 5.79. The van der Waals surface area contributed by atoms with Gasteiger partial charge >= 0.3 is 0 Å². The first-order valence-electron chi connectivity index (χ1n) is 11.6. The molecule has 190 valence electrons. The van der Waals surface area contributed by atoms with Crippen LogP contribution in [0.5, 0.6) is 0 Å². The highest BCUT2D eigenvalue weighted by atomic mass is 16.6. The van der Waals surface area contributed by atoms with Gasteiger partial charge in [0.05, 0.1) is 24.1 Å². The Morgan fingerprint density at radius 2 is 1.86 bits per heavy atom. The minimum absolute atomic E-state index is 0.000515. The quantitative estimate of drug-likeness (QED) is 0.311. The number of aliphatic hydroxyl groups excluding tert-OH is 2. The van der Waals surface area contributed by atoms with Gasteiger partial charge in [-0.05, 0) is 25.0 Å². The van der Waals surface area contributed by atoms with Crippen molar-refractivity contribution in [3.63, 3.8) is 0 Å². The zero-order chi connectivity index (χ0) is 25.6. The van der Waals surface area contributed by atoms with E-state index in [1.54, 1.807) is 24.3 Å². The van der Waals surface area contributed by atoms with Crippen molar-refractivity contribution < 1.29 is 29.3 Å². The predicted molar refractivity (Wildman–Crippen MR) is 125 cm³/mol. The molecule has 0 spiro atoms. The average Bonchev–Trinajstić information content (AvgIpc) is 3.48. The molecule has 13 heteroatoms. The first-order valence-corrected chi connectivity index (χ1v) is 11.6. The van der Waals surface area contributed by atoms with Crippen LogP contribution in [0, 0.1) is 0 Å². The van der Waals surface area contributed by atoms with Crippen LogP contribution >= 0.6 is 0 Å². The number of unbranched alkanes of at least 4 members (excludes halogenated alkanes) is 1. The lowest BCUT2D eigenvalue weighted by molar-refractivity contribution is -0.105. The van der Waals surface area contributed by atoms with Crippen molar-refractivity contribution in [2.24, 2.45) is 0 Å². The Morgan fingerprint density at radius 1 is 1.17 bits per heavy atom. The van der Waals surface area contributed by atoms with E-state index in [4.69, 9.17) is 15.2 Å². The molecule has 5 rings (SSSR count). The molecule has 2 aliphatic rings. The lowest BCUT2D eigenvalue weighted by Crippen LogP contribution is -2.44. The average molecular weight is 498 g/mol. The molecule has 2 aromatic heterocycles. The Labute approximate surface area is 204 Å². The first-order chi connectivity index (χ1) is 17.3. The molecule has 0 bridgehead atoms. The Hall–Kier alpha value is -3.65. The molecule has 1 aromatic carbocycles. The van der Waals surface area contributed by atoms with Crippen LogP contribution in [0.2, 0.25) is 0 Å². The number of hydrogen-bond donors (Lipinski definition) is 4. The second-order valence-corrected chi connectivity index (χ2v) is 8.78. The van der Waals surface area contributed by atoms with Gasteiger partial charge in [0.15, 0.2) is 17.4 Å². The molecule has 3 aromatic rings. The SMILES string of the molecule is CCCCC(OC[C@H]1O[C@@H](n2cnc3c(=O)[nH]c(N)nc32)[C@H](O)[C@@H]1O)N1C(=O)c2ccccc2C1=O. The van der Waals surface area contributed by atoms with E-state index >= 15 is 0 Å². The molecule has 5 atom stereocenters. The Kier molecular flexibility index (Phi) is 6.30. The van der Waals surface area contributed by atoms with E-state index in [1.807, 2.05) is 6.92 Å². The fraction of sp³-hybridized carbons (Fsp3) is 0.435. The second kappa shape index (κ2) is 9.43. The molecule has 0 saturated carbocycles. The van der Waals surface area contributed by atoms with Crippen LogP contribution in [0.3, 0.4) is 0 Å². The number of aliphatic hydroxyl groups is 2. The summed E-state index contributed by atoms with van der Waals surface area (Å²) in [5, 5.41) is 21.3. The number of benzene rings is 1. The van der Waals surface area contributed by atoms with Gasteiger partial charge in [-0.15, -0.1) is 0 Å². The number of imide groups is 1. The third kappa shape index (κ3) is 3.95. The highest BCUT2D eigenvalue weighted by Crippen LogP contribution is 2.32. The van der Waals surface area contributed by atoms with E-state index in [2.05, 4.69) is 15.0 Å². The Morgan fingerprint density at radius 3 is 2.53 bits per heavy atom. The summed E-state index contributed by atoms with van der Waals surface area (Å²) in [4.78, 5) is 49.5. The number of imidazole rings is 1. The summed E-state index contributed by atoms with van der Waals surface area (Å²) < 4.78 is 13.1. The molecule has 36 heavy (non-hydrogen) atoms. The van der Waals surface area contributed by atoms with Crippen LogP contribution in [-0.4, -0.2) is 77.6 Å². The molecule has 0 aliphatic carbocycles. The topological polar surface area (TPSA) is 186 Å². The van der Waals surface area contributed by atoms with Gasteiger partial charge in [0.1, 0.15) is 24.5 Å². The number of hydrogen-bond acceptors (Lipinski definition) is 10. The smallest absolute Gasteiger partial charge is 0.280 e. The molecular formula is C23H26N6O7. The number of ether oxygens (including phenoxy) is 2. The predicted octanol–water partition coefficient (Wildman–Crippen LogP) is 0.150. The molecule has 1 fully saturated rings. The second-order valence-electron chi connectivity index (χ2n) is 8.78. The molecule has 5 N–H and O–H groups in total. The number of rotatable bonds is 8. The standard InChI is InChI=1S/C23H26N6O7/c1-2-3-8-14(29-20(33)11-6-4-5-7-12(11)21(29)34)35-9-13-16(30)17(31)22(36-13)28-10-25-15-18(28)26-23(24)27-19(15)32/h4-7,10,13-14,16-17,22,30-31H,2-3,8-9H2,1H3,(H3,24,26,27,32)/t13-,14?,16-,17-,22-/m1/s1. The molecular weight excluding hydrogens is 472 g/mol. The number of aromatic amines is 1. The summed E-state index contributed by atoms with van der Waals surface area (Å²) in [6, 6.07) is 6.57. The van der Waals surface area contributed by atoms with Crippen molar-refractivity contribution >= 4 is 28.9 Å². The van der Waals surface area contributed by atoms with Crippen molar-refractivity contribution in [3.8, 4) is 0 Å². The number of H-pyrrole nitrogens is 1. The maximum absolute atomic E-state index is 13.0. The number of carbonyl (C=O) groups is 2. The third-order valence-electron chi connectivity index (χ3n) is 6.43. The van der Waals surface area contributed by atoms with Crippen molar-refractivity contribution in [3.05, 3.63) is 52.1 Å². The fourth-order valence-electron chi connectivity index (χ4n) is 4.57. The van der Waals surface area contributed by atoms with E-state index in [1.165, 1.54) is 10.9 Å². The number of nitrogens with two attached hydrogens (primary N) is 1. The van der Waals surface area contributed by atoms with Gasteiger partial charge in [0.25, 0.3) is 17.4 Å². The van der Waals surface area contributed by atoms with Crippen LogP contribution in [0.4, 0.5) is 5.95 Å². The van der Waals surface area contributed by atoms with E-state index in [0.29, 0.717) is 24.0 Å². The molecule has 0 radical (unpaired) electrons. The van der Waals surface area contributed by atoms with Gasteiger partial charge < -0.3 is 25.4 Å². The Balaban J connectivity index is 1.34. The zero-order valence-electron chi connectivity index (χ0n) is 19.4. The number of fused-ring (bicyclic) bond motifs is 2. The molecule has 2 amide bonds. The largest absolute Gasteiger partial charge is 0.387 e. The van der Waals surface area contributed by atoms with E-state index in [9.17, 15) is 24.6 Å². The molecule has 4 heterocycles. The fourth-order valence-corrected chi connectivity index (χ4v) is 4.57. The summed E-state index contributed by atoms with van der Waals surface area (Å²) in [5.74, 6) is -1.02. The normalized spacial score (nSPS) is 24.6. The number of nitrogens with one attached hydrogen (secondary N) is 1. The van der Waals surface area contributed by atoms with Crippen molar-refractivity contribution in [2.45, 2.75) is 57.0 Å². The molecule has 2 aliphatic heterocycles. The van der Waals surface area contributed by atoms with Gasteiger partial charge in [-0.2, -0.15) is 4.98 Å². The lowest BCUT2D eigenvalue weighted by atomic mass is 10.1. The maximum atomic E-state index is 13.0. The maximum Gasteiger partial charge on any atom is 0.280 e. The minimum atomic E-state index is -1.40. The van der Waals surface area contributed by atoms with Crippen LogP contribution in [-0.2, 0) is 9.47 Å². The number of nitrogens with zero attached hydrogens (tertiary/aromatic N) is 4. The van der Waals surface area contributed by atoms with E-state index in [0.717, 1.165) is 11.3 Å². The van der Waals surface area contributed by atoms with E-state index in [-0.39, 0.29) is 23.7 Å². The van der Waals surface area contributed by atoms with E-state index < -0.39 is 48.1 Å².